The summed E-state index contributed by atoms with van der Waals surface area (Å²) in [6, 6.07) is 9.26. The lowest BCUT2D eigenvalue weighted by atomic mass is 9.90. The van der Waals surface area contributed by atoms with Gasteiger partial charge in [0.1, 0.15) is 5.75 Å². The van der Waals surface area contributed by atoms with Crippen LogP contribution in [-0.2, 0) is 4.74 Å². The Balaban J connectivity index is 1.93. The van der Waals surface area contributed by atoms with Crippen LogP contribution < -0.4 is 4.74 Å². The van der Waals surface area contributed by atoms with Gasteiger partial charge in [-0.1, -0.05) is 24.3 Å². The lowest BCUT2D eigenvalue weighted by Crippen LogP contribution is -2.51. The van der Waals surface area contributed by atoms with Crippen molar-refractivity contribution in [2.24, 2.45) is 0 Å². The largest absolute Gasteiger partial charge is 0.490 e. The predicted molar refractivity (Wildman–Crippen MR) is 81.0 cm³/mol. The van der Waals surface area contributed by atoms with Crippen molar-refractivity contribution in [1.29, 1.82) is 0 Å². The monoisotopic (exact) mass is 273 g/mol. The predicted octanol–water partition coefficient (Wildman–Crippen LogP) is 2.96. The van der Waals surface area contributed by atoms with Gasteiger partial charge in [0, 0.05) is 11.6 Å². The highest BCUT2D eigenvalue weighted by Gasteiger charge is 2.32. The van der Waals surface area contributed by atoms with E-state index in [1.165, 1.54) is 11.1 Å². The number of fused-ring (bicyclic) bond motifs is 2. The van der Waals surface area contributed by atoms with Crippen LogP contribution in [0.3, 0.4) is 0 Å². The smallest absolute Gasteiger partial charge is 0.127 e. The van der Waals surface area contributed by atoms with Crippen LogP contribution in [0.2, 0.25) is 0 Å². The molecule has 2 atom stereocenters. The zero-order valence-electron chi connectivity index (χ0n) is 12.5. The van der Waals surface area contributed by atoms with Crippen LogP contribution in [0, 0.1) is 0 Å². The molecule has 0 spiro atoms. The SMILES string of the molecule is CC(C)Oc1ccccc1C1=CC2COCC(C1)N2C. The molecule has 2 unspecified atom stereocenters. The van der Waals surface area contributed by atoms with E-state index >= 15 is 0 Å². The van der Waals surface area contributed by atoms with Crippen LogP contribution in [0.1, 0.15) is 25.8 Å². The fraction of sp³-hybridized carbons (Fsp3) is 0.529. The molecule has 2 aliphatic rings. The van der Waals surface area contributed by atoms with Gasteiger partial charge in [0.25, 0.3) is 0 Å². The van der Waals surface area contributed by atoms with Gasteiger partial charge < -0.3 is 9.47 Å². The topological polar surface area (TPSA) is 21.7 Å². The Labute approximate surface area is 121 Å². The van der Waals surface area contributed by atoms with E-state index in [2.05, 4.69) is 50.1 Å². The van der Waals surface area contributed by atoms with E-state index in [0.717, 1.165) is 25.4 Å². The van der Waals surface area contributed by atoms with Crippen LogP contribution in [0.15, 0.2) is 30.3 Å². The summed E-state index contributed by atoms with van der Waals surface area (Å²) in [6.45, 7) is 5.77. The summed E-state index contributed by atoms with van der Waals surface area (Å²) < 4.78 is 11.6. The van der Waals surface area contributed by atoms with Crippen LogP contribution >= 0.6 is 0 Å². The Morgan fingerprint density at radius 3 is 2.80 bits per heavy atom. The fourth-order valence-electron chi connectivity index (χ4n) is 3.04. The summed E-state index contributed by atoms with van der Waals surface area (Å²) in [4.78, 5) is 2.43. The molecular weight excluding hydrogens is 250 g/mol. The molecule has 3 heteroatoms. The maximum Gasteiger partial charge on any atom is 0.127 e. The molecule has 0 N–H and O–H groups in total. The molecule has 1 saturated heterocycles. The maximum absolute atomic E-state index is 5.96. The van der Waals surface area contributed by atoms with Gasteiger partial charge in [-0.3, -0.25) is 4.90 Å². The second kappa shape index (κ2) is 5.58. The zero-order valence-corrected chi connectivity index (χ0v) is 12.5. The van der Waals surface area contributed by atoms with E-state index in [0.29, 0.717) is 12.1 Å². The van der Waals surface area contributed by atoms with E-state index in [1.54, 1.807) is 0 Å². The lowest BCUT2D eigenvalue weighted by Gasteiger charge is -2.42. The van der Waals surface area contributed by atoms with Crippen molar-refractivity contribution in [3.63, 3.8) is 0 Å². The zero-order chi connectivity index (χ0) is 14.1. The van der Waals surface area contributed by atoms with Gasteiger partial charge in [-0.05, 0) is 39.0 Å². The molecule has 0 radical (unpaired) electrons. The molecule has 2 heterocycles. The van der Waals surface area contributed by atoms with Crippen LogP contribution in [0.5, 0.6) is 5.75 Å². The molecule has 0 saturated carbocycles. The number of para-hydroxylation sites is 1. The summed E-state index contributed by atoms with van der Waals surface area (Å²) in [7, 11) is 2.20. The molecule has 108 valence electrons. The number of rotatable bonds is 3. The number of hydrogen-bond acceptors (Lipinski definition) is 3. The number of likely N-dealkylation sites (N-methyl/N-ethyl adjacent to an activating group) is 1. The average molecular weight is 273 g/mol. The van der Waals surface area contributed by atoms with Crippen molar-refractivity contribution >= 4 is 5.57 Å². The summed E-state index contributed by atoms with van der Waals surface area (Å²) >= 11 is 0. The molecule has 20 heavy (non-hydrogen) atoms. The quantitative estimate of drug-likeness (QED) is 0.845. The highest BCUT2D eigenvalue weighted by Crippen LogP contribution is 2.35. The number of benzene rings is 1. The highest BCUT2D eigenvalue weighted by atomic mass is 16.5. The molecule has 2 aliphatic heterocycles. The normalized spacial score (nSPS) is 26.5. The van der Waals surface area contributed by atoms with Crippen molar-refractivity contribution in [2.45, 2.75) is 38.5 Å². The first-order valence-electron chi connectivity index (χ1n) is 7.41. The number of hydrogen-bond donors (Lipinski definition) is 0. The van der Waals surface area contributed by atoms with Crippen LogP contribution in [0.25, 0.3) is 5.57 Å². The third-order valence-corrected chi connectivity index (χ3v) is 4.14. The van der Waals surface area contributed by atoms with Crippen LogP contribution in [0.4, 0.5) is 0 Å². The van der Waals surface area contributed by atoms with Crippen molar-refractivity contribution in [3.8, 4) is 5.75 Å². The van der Waals surface area contributed by atoms with Crippen LogP contribution in [-0.4, -0.2) is 43.3 Å². The Hall–Kier alpha value is -1.32. The second-order valence-corrected chi connectivity index (χ2v) is 5.98. The Morgan fingerprint density at radius 2 is 2.05 bits per heavy atom. The first kappa shape index (κ1) is 13.7. The van der Waals surface area contributed by atoms with Crippen molar-refractivity contribution in [3.05, 3.63) is 35.9 Å². The first-order chi connectivity index (χ1) is 9.65. The number of nitrogens with zero attached hydrogens (tertiary/aromatic N) is 1. The van der Waals surface area contributed by atoms with Gasteiger partial charge in [0.05, 0.1) is 25.4 Å². The van der Waals surface area contributed by atoms with Gasteiger partial charge in [-0.15, -0.1) is 0 Å². The minimum atomic E-state index is 0.200. The fourth-order valence-corrected chi connectivity index (χ4v) is 3.04. The highest BCUT2D eigenvalue weighted by molar-refractivity contribution is 5.72. The summed E-state index contributed by atoms with van der Waals surface area (Å²) in [6.07, 6.45) is 3.58. The van der Waals surface area contributed by atoms with E-state index in [9.17, 15) is 0 Å². The second-order valence-electron chi connectivity index (χ2n) is 5.98. The van der Waals surface area contributed by atoms with E-state index in [4.69, 9.17) is 9.47 Å². The third kappa shape index (κ3) is 2.60. The van der Waals surface area contributed by atoms with E-state index < -0.39 is 0 Å². The Bertz CT molecular complexity index is 509. The molecule has 3 rings (SSSR count). The summed E-state index contributed by atoms with van der Waals surface area (Å²) in [5.41, 5.74) is 2.64. The maximum atomic E-state index is 5.96. The number of morpholine rings is 1. The molecular formula is C17H23NO2. The van der Waals surface area contributed by atoms with E-state index in [1.807, 2.05) is 6.07 Å². The minimum Gasteiger partial charge on any atom is -0.490 e. The van der Waals surface area contributed by atoms with Gasteiger partial charge in [-0.2, -0.15) is 0 Å². The van der Waals surface area contributed by atoms with Crippen molar-refractivity contribution in [2.75, 3.05) is 20.3 Å². The first-order valence-corrected chi connectivity index (χ1v) is 7.41. The molecule has 1 aromatic rings. The average Bonchev–Trinajstić information content (AvgIpc) is 2.38. The molecule has 1 aromatic carbocycles. The summed E-state index contributed by atoms with van der Waals surface area (Å²) in [5.74, 6) is 0.997. The molecule has 0 amide bonds. The van der Waals surface area contributed by atoms with Gasteiger partial charge in [0.2, 0.25) is 0 Å². The molecule has 2 bridgehead atoms. The standard InChI is InChI=1S/C17H23NO2/c1-12(2)20-17-7-5-4-6-16(17)13-8-14-10-19-11-15(9-13)18(14)3/h4-8,12,14-15H,9-11H2,1-3H3. The van der Waals surface area contributed by atoms with E-state index in [-0.39, 0.29) is 6.10 Å². The van der Waals surface area contributed by atoms with Gasteiger partial charge in [0.15, 0.2) is 0 Å². The molecule has 0 aliphatic carbocycles. The van der Waals surface area contributed by atoms with Crippen molar-refractivity contribution in [1.82, 2.24) is 4.90 Å². The van der Waals surface area contributed by atoms with Crippen molar-refractivity contribution < 1.29 is 9.47 Å². The third-order valence-electron chi connectivity index (χ3n) is 4.14. The van der Waals surface area contributed by atoms with Gasteiger partial charge >= 0.3 is 0 Å². The van der Waals surface area contributed by atoms with Gasteiger partial charge in [-0.25, -0.2) is 0 Å². The number of ether oxygens (including phenoxy) is 2. The molecule has 1 fully saturated rings. The minimum absolute atomic E-state index is 0.200. The Kier molecular flexibility index (Phi) is 3.81. The molecule has 0 aromatic heterocycles. The lowest BCUT2D eigenvalue weighted by molar-refractivity contribution is -0.0221. The summed E-state index contributed by atoms with van der Waals surface area (Å²) in [5, 5.41) is 0. The molecule has 3 nitrogen and oxygen atoms in total. The Morgan fingerprint density at radius 1 is 1.25 bits per heavy atom.